The van der Waals surface area contributed by atoms with Crippen molar-refractivity contribution in [2.45, 2.75) is 18.8 Å². The van der Waals surface area contributed by atoms with Crippen LogP contribution in [0.2, 0.25) is 0 Å². The third kappa shape index (κ3) is 4.58. The van der Waals surface area contributed by atoms with E-state index in [2.05, 4.69) is 5.32 Å². The minimum absolute atomic E-state index is 0.0108. The molecular formula is C20H21N3O4. The van der Waals surface area contributed by atoms with E-state index in [-0.39, 0.29) is 13.0 Å². The summed E-state index contributed by atoms with van der Waals surface area (Å²) in [5.74, 6) is -3.20. The van der Waals surface area contributed by atoms with Crippen LogP contribution in [-0.2, 0) is 24.6 Å². The zero-order valence-corrected chi connectivity index (χ0v) is 14.9. The molecule has 2 rings (SSSR count). The molecular weight excluding hydrogens is 346 g/mol. The van der Waals surface area contributed by atoms with Gasteiger partial charge < -0.3 is 11.1 Å². The Labute approximate surface area is 156 Å². The summed E-state index contributed by atoms with van der Waals surface area (Å²) in [5.41, 5.74) is 6.00. The maximum absolute atomic E-state index is 12.6. The van der Waals surface area contributed by atoms with Gasteiger partial charge in [0.15, 0.2) is 0 Å². The fourth-order valence-electron chi connectivity index (χ4n) is 2.97. The largest absolute Gasteiger partial charge is 0.369 e. The molecule has 140 valence electrons. The number of nitrogens with two attached hydrogens (primary N) is 1. The first-order chi connectivity index (χ1) is 12.9. The summed E-state index contributed by atoms with van der Waals surface area (Å²) in [7, 11) is 0. The van der Waals surface area contributed by atoms with E-state index in [1.54, 1.807) is 48.5 Å². The minimum Gasteiger partial charge on any atom is -0.369 e. The molecule has 0 atom stereocenters. The molecule has 4 N–H and O–H groups in total. The number of carbonyl (C=O) groups excluding carboxylic acids is 4. The number of hydrogen-bond donors (Lipinski definition) is 3. The smallest absolute Gasteiger partial charge is 0.315 e. The van der Waals surface area contributed by atoms with Crippen molar-refractivity contribution in [2.75, 3.05) is 6.54 Å². The molecule has 0 aliphatic rings. The molecule has 0 radical (unpaired) electrons. The Morgan fingerprint density at radius 3 is 1.74 bits per heavy atom. The van der Waals surface area contributed by atoms with Crippen molar-refractivity contribution in [1.82, 2.24) is 10.6 Å². The molecule has 0 unspecified atom stereocenters. The molecule has 7 nitrogen and oxygen atoms in total. The van der Waals surface area contributed by atoms with Crippen LogP contribution in [0.1, 0.15) is 24.5 Å². The molecule has 0 saturated carbocycles. The molecule has 0 aromatic heterocycles. The number of benzene rings is 2. The highest BCUT2D eigenvalue weighted by Crippen LogP contribution is 2.35. The van der Waals surface area contributed by atoms with Gasteiger partial charge in [0.05, 0.1) is 0 Å². The average Bonchev–Trinajstić information content (AvgIpc) is 2.65. The SMILES string of the molecule is CC(=O)NC(=O)C(=O)NCCC(C(N)=O)(c1ccccc1)c1ccccc1. The van der Waals surface area contributed by atoms with Gasteiger partial charge in [0.2, 0.25) is 11.8 Å². The quantitative estimate of drug-likeness (QED) is 0.649. The lowest BCUT2D eigenvalue weighted by atomic mass is 9.71. The van der Waals surface area contributed by atoms with Crippen LogP contribution < -0.4 is 16.4 Å². The van der Waals surface area contributed by atoms with Gasteiger partial charge in [-0.05, 0) is 17.5 Å². The van der Waals surface area contributed by atoms with E-state index in [1.165, 1.54) is 0 Å². The molecule has 0 heterocycles. The van der Waals surface area contributed by atoms with Crippen LogP contribution in [0.3, 0.4) is 0 Å². The van der Waals surface area contributed by atoms with E-state index < -0.39 is 29.0 Å². The van der Waals surface area contributed by atoms with Gasteiger partial charge in [-0.25, -0.2) is 0 Å². The molecule has 2 aromatic rings. The Kier molecular flexibility index (Phi) is 6.43. The van der Waals surface area contributed by atoms with Crippen LogP contribution >= 0.6 is 0 Å². The molecule has 0 aliphatic carbocycles. The summed E-state index contributed by atoms with van der Waals surface area (Å²) in [5, 5.41) is 4.32. The zero-order chi connectivity index (χ0) is 19.9. The maximum atomic E-state index is 12.6. The lowest BCUT2D eigenvalue weighted by molar-refractivity contribution is -0.141. The predicted molar refractivity (Wildman–Crippen MR) is 99.3 cm³/mol. The summed E-state index contributed by atoms with van der Waals surface area (Å²) in [6, 6.07) is 18.0. The minimum atomic E-state index is -1.17. The van der Waals surface area contributed by atoms with Crippen molar-refractivity contribution in [3.8, 4) is 0 Å². The number of imide groups is 1. The number of amides is 4. The number of nitrogens with one attached hydrogen (secondary N) is 2. The summed E-state index contributed by atoms with van der Waals surface area (Å²) in [6.07, 6.45) is 0.148. The summed E-state index contributed by atoms with van der Waals surface area (Å²) in [6.45, 7) is 1.14. The van der Waals surface area contributed by atoms with Gasteiger partial charge in [-0.3, -0.25) is 24.5 Å². The third-order valence-electron chi connectivity index (χ3n) is 4.24. The fourth-order valence-corrected chi connectivity index (χ4v) is 2.97. The van der Waals surface area contributed by atoms with Gasteiger partial charge in [0.1, 0.15) is 5.41 Å². The zero-order valence-electron chi connectivity index (χ0n) is 14.9. The van der Waals surface area contributed by atoms with Crippen LogP contribution in [0, 0.1) is 0 Å². The van der Waals surface area contributed by atoms with E-state index in [4.69, 9.17) is 5.73 Å². The first kappa shape index (κ1) is 19.8. The number of carbonyl (C=O) groups is 4. The monoisotopic (exact) mass is 367 g/mol. The van der Waals surface area contributed by atoms with E-state index in [9.17, 15) is 19.2 Å². The molecule has 0 saturated heterocycles. The van der Waals surface area contributed by atoms with Crippen LogP contribution in [0.5, 0.6) is 0 Å². The Hall–Kier alpha value is -3.48. The highest BCUT2D eigenvalue weighted by atomic mass is 16.2. The molecule has 0 aliphatic heterocycles. The summed E-state index contributed by atoms with van der Waals surface area (Å²) in [4.78, 5) is 46.8. The highest BCUT2D eigenvalue weighted by Gasteiger charge is 2.40. The van der Waals surface area contributed by atoms with Gasteiger partial charge in [-0.1, -0.05) is 60.7 Å². The molecule has 2 aromatic carbocycles. The summed E-state index contributed by atoms with van der Waals surface area (Å²) >= 11 is 0. The first-order valence-electron chi connectivity index (χ1n) is 8.38. The van der Waals surface area contributed by atoms with Crippen molar-refractivity contribution < 1.29 is 19.2 Å². The van der Waals surface area contributed by atoms with Crippen LogP contribution in [0.4, 0.5) is 0 Å². The second kappa shape index (κ2) is 8.75. The van der Waals surface area contributed by atoms with Crippen molar-refractivity contribution >= 4 is 23.6 Å². The van der Waals surface area contributed by atoms with Crippen molar-refractivity contribution in [3.63, 3.8) is 0 Å². The molecule has 7 heteroatoms. The Morgan fingerprint density at radius 1 is 0.852 bits per heavy atom. The standard InChI is InChI=1S/C20H21N3O4/c1-14(24)23-18(26)17(25)22-13-12-20(19(21)27,15-8-4-2-5-9-15)16-10-6-3-7-11-16/h2-11H,12-13H2,1H3,(H2,21,27)(H,22,25)(H,23,24,26). The van der Waals surface area contributed by atoms with Gasteiger partial charge in [-0.15, -0.1) is 0 Å². The molecule has 27 heavy (non-hydrogen) atoms. The van der Waals surface area contributed by atoms with Crippen LogP contribution in [-0.4, -0.2) is 30.2 Å². The van der Waals surface area contributed by atoms with E-state index in [0.717, 1.165) is 6.92 Å². The Morgan fingerprint density at radius 2 is 1.33 bits per heavy atom. The van der Waals surface area contributed by atoms with E-state index >= 15 is 0 Å². The number of primary amides is 1. The van der Waals surface area contributed by atoms with Gasteiger partial charge >= 0.3 is 11.8 Å². The maximum Gasteiger partial charge on any atom is 0.315 e. The topological polar surface area (TPSA) is 118 Å². The fraction of sp³-hybridized carbons (Fsp3) is 0.200. The Bertz CT molecular complexity index is 795. The number of hydrogen-bond acceptors (Lipinski definition) is 4. The van der Waals surface area contributed by atoms with Gasteiger partial charge in [0.25, 0.3) is 0 Å². The van der Waals surface area contributed by atoms with Gasteiger partial charge in [0, 0.05) is 13.5 Å². The second-order valence-electron chi connectivity index (χ2n) is 6.02. The van der Waals surface area contributed by atoms with Crippen molar-refractivity contribution in [3.05, 3.63) is 71.8 Å². The number of rotatable bonds is 6. The highest BCUT2D eigenvalue weighted by molar-refractivity contribution is 6.37. The van der Waals surface area contributed by atoms with E-state index in [0.29, 0.717) is 11.1 Å². The Balaban J connectivity index is 2.29. The summed E-state index contributed by atoms with van der Waals surface area (Å²) < 4.78 is 0. The molecule has 0 fully saturated rings. The second-order valence-corrected chi connectivity index (χ2v) is 6.02. The normalized spacial score (nSPS) is 10.7. The van der Waals surface area contributed by atoms with Crippen molar-refractivity contribution in [2.24, 2.45) is 5.73 Å². The van der Waals surface area contributed by atoms with Crippen LogP contribution in [0.15, 0.2) is 60.7 Å². The first-order valence-corrected chi connectivity index (χ1v) is 8.38. The van der Waals surface area contributed by atoms with Gasteiger partial charge in [-0.2, -0.15) is 0 Å². The van der Waals surface area contributed by atoms with Crippen molar-refractivity contribution in [1.29, 1.82) is 0 Å². The lowest BCUT2D eigenvalue weighted by Crippen LogP contribution is -2.47. The lowest BCUT2D eigenvalue weighted by Gasteiger charge is -2.32. The van der Waals surface area contributed by atoms with Crippen LogP contribution in [0.25, 0.3) is 0 Å². The van der Waals surface area contributed by atoms with E-state index in [1.807, 2.05) is 17.4 Å². The molecule has 0 bridgehead atoms. The molecule has 0 spiro atoms. The average molecular weight is 367 g/mol. The predicted octanol–water partition coefficient (Wildman–Crippen LogP) is 0.627. The third-order valence-corrected chi connectivity index (χ3v) is 4.24. The molecule has 4 amide bonds.